The first kappa shape index (κ1) is 13.6. The zero-order valence-electron chi connectivity index (χ0n) is 12.4. The maximum Gasteiger partial charge on any atom is 0.231 e. The van der Waals surface area contributed by atoms with Gasteiger partial charge in [-0.1, -0.05) is 13.8 Å². The van der Waals surface area contributed by atoms with Crippen LogP contribution in [0.2, 0.25) is 0 Å². The molecule has 1 aliphatic carbocycles. The highest BCUT2D eigenvalue weighted by molar-refractivity contribution is 5.47. The van der Waals surface area contributed by atoms with Gasteiger partial charge in [-0.3, -0.25) is 0 Å². The molecule has 4 heteroatoms. The first-order chi connectivity index (χ1) is 9.60. The van der Waals surface area contributed by atoms with Gasteiger partial charge in [-0.25, -0.2) is 0 Å². The monoisotopic (exact) mass is 277 g/mol. The fourth-order valence-corrected chi connectivity index (χ4v) is 3.41. The topological polar surface area (TPSA) is 39.7 Å². The molecule has 1 aliphatic heterocycles. The van der Waals surface area contributed by atoms with E-state index in [0.29, 0.717) is 12.8 Å². The maximum absolute atomic E-state index is 6.22. The lowest BCUT2D eigenvalue weighted by molar-refractivity contribution is 0.0403. The van der Waals surface area contributed by atoms with Crippen LogP contribution in [-0.2, 0) is 0 Å². The van der Waals surface area contributed by atoms with Crippen molar-refractivity contribution < 1.29 is 14.2 Å². The largest absolute Gasteiger partial charge is 0.489 e. The lowest BCUT2D eigenvalue weighted by Gasteiger charge is -2.43. The number of ether oxygens (including phenoxy) is 3. The van der Waals surface area contributed by atoms with Gasteiger partial charge in [-0.05, 0) is 43.9 Å². The van der Waals surface area contributed by atoms with Gasteiger partial charge in [0.1, 0.15) is 11.9 Å². The highest BCUT2D eigenvalue weighted by Gasteiger charge is 2.39. The van der Waals surface area contributed by atoms with Crippen LogP contribution in [0, 0.1) is 5.41 Å². The van der Waals surface area contributed by atoms with E-state index >= 15 is 0 Å². The first-order valence-corrected chi connectivity index (χ1v) is 7.34. The van der Waals surface area contributed by atoms with Gasteiger partial charge in [0.2, 0.25) is 6.79 Å². The van der Waals surface area contributed by atoms with Crippen LogP contribution in [0.25, 0.3) is 0 Å². The molecule has 2 aliphatic rings. The van der Waals surface area contributed by atoms with E-state index in [0.717, 1.165) is 23.7 Å². The predicted octanol–water partition coefficient (Wildman–Crippen LogP) is 2.96. The van der Waals surface area contributed by atoms with Gasteiger partial charge >= 0.3 is 0 Å². The van der Waals surface area contributed by atoms with Crippen molar-refractivity contribution in [1.29, 1.82) is 0 Å². The van der Waals surface area contributed by atoms with Gasteiger partial charge < -0.3 is 19.5 Å². The summed E-state index contributed by atoms with van der Waals surface area (Å²) in [6, 6.07) is 6.17. The Hall–Kier alpha value is -1.42. The maximum atomic E-state index is 6.22. The highest BCUT2D eigenvalue weighted by atomic mass is 16.7. The number of hydrogen-bond donors (Lipinski definition) is 1. The van der Waals surface area contributed by atoms with E-state index in [1.165, 1.54) is 12.8 Å². The molecule has 0 spiro atoms. The Morgan fingerprint density at radius 3 is 2.85 bits per heavy atom. The molecule has 20 heavy (non-hydrogen) atoms. The van der Waals surface area contributed by atoms with Crippen molar-refractivity contribution in [3.05, 3.63) is 18.2 Å². The molecule has 1 fully saturated rings. The molecule has 1 aromatic rings. The second-order valence-corrected chi connectivity index (χ2v) is 6.32. The first-order valence-electron chi connectivity index (χ1n) is 7.34. The molecule has 0 amide bonds. The molecule has 1 N–H and O–H groups in total. The van der Waals surface area contributed by atoms with Gasteiger partial charge in [0, 0.05) is 12.1 Å². The van der Waals surface area contributed by atoms with Crippen molar-refractivity contribution in [1.82, 2.24) is 5.32 Å². The number of fused-ring (bicyclic) bond motifs is 1. The van der Waals surface area contributed by atoms with Crippen LogP contribution in [0.5, 0.6) is 17.2 Å². The molecule has 0 aromatic heterocycles. The minimum absolute atomic E-state index is 0.198. The summed E-state index contributed by atoms with van der Waals surface area (Å²) in [5.41, 5.74) is 0.258. The molecular weight excluding hydrogens is 254 g/mol. The molecule has 110 valence electrons. The molecule has 0 radical (unpaired) electrons. The summed E-state index contributed by atoms with van der Waals surface area (Å²) >= 11 is 0. The molecule has 4 nitrogen and oxygen atoms in total. The lowest BCUT2D eigenvalue weighted by atomic mass is 9.72. The summed E-state index contributed by atoms with van der Waals surface area (Å²) in [5, 5.41) is 3.44. The van der Waals surface area contributed by atoms with Crippen LogP contribution >= 0.6 is 0 Å². The zero-order valence-corrected chi connectivity index (χ0v) is 12.4. The normalized spacial score (nSPS) is 27.4. The van der Waals surface area contributed by atoms with Crippen LogP contribution in [0.4, 0.5) is 0 Å². The van der Waals surface area contributed by atoms with Crippen molar-refractivity contribution in [3.8, 4) is 17.2 Å². The predicted molar refractivity (Wildman–Crippen MR) is 77.5 cm³/mol. The van der Waals surface area contributed by atoms with E-state index in [4.69, 9.17) is 14.2 Å². The zero-order chi connectivity index (χ0) is 14.2. The number of nitrogens with one attached hydrogen (secondary N) is 1. The molecule has 1 heterocycles. The van der Waals surface area contributed by atoms with E-state index in [-0.39, 0.29) is 11.5 Å². The Morgan fingerprint density at radius 2 is 2.05 bits per heavy atom. The fourth-order valence-electron chi connectivity index (χ4n) is 3.41. The van der Waals surface area contributed by atoms with Gasteiger partial charge in [0.15, 0.2) is 11.5 Å². The van der Waals surface area contributed by atoms with Crippen molar-refractivity contribution in [2.45, 2.75) is 45.3 Å². The number of rotatable bonds is 3. The van der Waals surface area contributed by atoms with Crippen LogP contribution in [0.15, 0.2) is 18.2 Å². The van der Waals surface area contributed by atoms with E-state index in [1.807, 2.05) is 25.2 Å². The lowest BCUT2D eigenvalue weighted by Crippen LogP contribution is -2.53. The minimum Gasteiger partial charge on any atom is -0.489 e. The Kier molecular flexibility index (Phi) is 3.50. The summed E-state index contributed by atoms with van der Waals surface area (Å²) in [6.07, 6.45) is 3.73. The molecule has 0 saturated heterocycles. The molecule has 1 aromatic carbocycles. The van der Waals surface area contributed by atoms with Crippen LogP contribution in [0.1, 0.15) is 33.1 Å². The molecule has 1 saturated carbocycles. The number of hydrogen-bond acceptors (Lipinski definition) is 4. The summed E-state index contributed by atoms with van der Waals surface area (Å²) in [5.74, 6) is 2.43. The van der Waals surface area contributed by atoms with Crippen molar-refractivity contribution in [3.63, 3.8) is 0 Å². The standard InChI is InChI=1S/C16H23NO3/c1-16(2)8-4-5-13(15(16)17-3)20-11-6-7-12-14(9-11)19-10-18-12/h6-7,9,13,15,17H,4-5,8,10H2,1-3H3. The SMILES string of the molecule is CNC1C(Oc2ccc3c(c2)OCO3)CCCC1(C)C. The third-order valence-electron chi connectivity index (χ3n) is 4.47. The molecule has 0 bridgehead atoms. The summed E-state index contributed by atoms with van der Waals surface area (Å²) in [4.78, 5) is 0. The third-order valence-corrected chi connectivity index (χ3v) is 4.47. The number of benzene rings is 1. The Bertz CT molecular complexity index is 487. The van der Waals surface area contributed by atoms with Gasteiger partial charge in [-0.15, -0.1) is 0 Å². The van der Waals surface area contributed by atoms with Crippen molar-refractivity contribution in [2.24, 2.45) is 5.41 Å². The van der Waals surface area contributed by atoms with Crippen LogP contribution in [0.3, 0.4) is 0 Å². The molecule has 2 atom stereocenters. The van der Waals surface area contributed by atoms with Crippen molar-refractivity contribution >= 4 is 0 Å². The summed E-state index contributed by atoms with van der Waals surface area (Å²) < 4.78 is 17.0. The van der Waals surface area contributed by atoms with Gasteiger partial charge in [-0.2, -0.15) is 0 Å². The van der Waals surface area contributed by atoms with E-state index < -0.39 is 0 Å². The second kappa shape index (κ2) is 5.17. The van der Waals surface area contributed by atoms with Gasteiger partial charge in [0.25, 0.3) is 0 Å². The van der Waals surface area contributed by atoms with E-state index in [2.05, 4.69) is 19.2 Å². The van der Waals surface area contributed by atoms with E-state index in [9.17, 15) is 0 Å². The smallest absolute Gasteiger partial charge is 0.231 e. The molecular formula is C16H23NO3. The fraction of sp³-hybridized carbons (Fsp3) is 0.625. The quantitative estimate of drug-likeness (QED) is 0.922. The Morgan fingerprint density at radius 1 is 1.25 bits per heavy atom. The average molecular weight is 277 g/mol. The van der Waals surface area contributed by atoms with Crippen molar-refractivity contribution in [2.75, 3.05) is 13.8 Å². The summed E-state index contributed by atoms with van der Waals surface area (Å²) in [6.45, 7) is 4.92. The average Bonchev–Trinajstić information content (AvgIpc) is 2.85. The summed E-state index contributed by atoms with van der Waals surface area (Å²) in [7, 11) is 2.02. The minimum atomic E-state index is 0.198. The highest BCUT2D eigenvalue weighted by Crippen LogP contribution is 2.39. The van der Waals surface area contributed by atoms with Gasteiger partial charge in [0.05, 0.1) is 0 Å². The number of likely N-dealkylation sites (N-methyl/N-ethyl adjacent to an activating group) is 1. The van der Waals surface area contributed by atoms with Crippen LogP contribution < -0.4 is 19.5 Å². The van der Waals surface area contributed by atoms with E-state index in [1.54, 1.807) is 0 Å². The van der Waals surface area contributed by atoms with Crippen LogP contribution in [-0.4, -0.2) is 26.0 Å². The third kappa shape index (κ3) is 2.44. The Labute approximate surface area is 120 Å². The second-order valence-electron chi connectivity index (χ2n) is 6.32. The molecule has 2 unspecified atom stereocenters. The molecule has 3 rings (SSSR count). The Balaban J connectivity index is 1.76.